The molecule has 11 heteroatoms. The van der Waals surface area contributed by atoms with Gasteiger partial charge in [0.15, 0.2) is 28.0 Å². The maximum Gasteiger partial charge on any atom is 0.337 e. The van der Waals surface area contributed by atoms with E-state index in [1.807, 2.05) is 0 Å². The van der Waals surface area contributed by atoms with Crippen LogP contribution < -0.4 is 14.4 Å². The molecule has 1 aliphatic rings. The molecule has 2 aromatic heterocycles. The summed E-state index contributed by atoms with van der Waals surface area (Å²) < 4.78 is 22.1. The summed E-state index contributed by atoms with van der Waals surface area (Å²) >= 11 is 1.21. The summed E-state index contributed by atoms with van der Waals surface area (Å²) in [6.45, 7) is 0. The molecule has 1 aliphatic heterocycles. The third-order valence-electron chi connectivity index (χ3n) is 6.84. The van der Waals surface area contributed by atoms with Crippen molar-refractivity contribution in [3.05, 3.63) is 94.9 Å². The van der Waals surface area contributed by atoms with Gasteiger partial charge in [-0.1, -0.05) is 35.6 Å². The Bertz CT molecular complexity index is 1890. The number of hydrogen-bond donors (Lipinski definition) is 1. The largest absolute Gasteiger partial charge is 0.503 e. The number of aliphatic hydroxyl groups excluding tert-OH is 1. The topological polar surface area (TPSA) is 128 Å². The van der Waals surface area contributed by atoms with Gasteiger partial charge in [0, 0.05) is 5.39 Å². The molecule has 0 bridgehead atoms. The number of rotatable bonds is 7. The summed E-state index contributed by atoms with van der Waals surface area (Å²) in [5.41, 5.74) is 1.53. The van der Waals surface area contributed by atoms with Crippen LogP contribution in [0, 0.1) is 0 Å². The Kier molecular flexibility index (Phi) is 6.43. The number of ether oxygens (including phenoxy) is 3. The number of anilines is 1. The molecule has 6 rings (SSSR count). The first-order valence-corrected chi connectivity index (χ1v) is 13.2. The molecule has 1 unspecified atom stereocenters. The highest BCUT2D eigenvalue weighted by Gasteiger charge is 2.46. The number of benzene rings is 3. The summed E-state index contributed by atoms with van der Waals surface area (Å²) in [5, 5.41) is 12.0. The average molecular weight is 571 g/mol. The van der Waals surface area contributed by atoms with E-state index in [0.29, 0.717) is 33.5 Å². The van der Waals surface area contributed by atoms with Gasteiger partial charge in [-0.05, 0) is 48.0 Å². The fourth-order valence-corrected chi connectivity index (χ4v) is 5.85. The molecular weight excluding hydrogens is 548 g/mol. The van der Waals surface area contributed by atoms with Crippen LogP contribution in [0.1, 0.15) is 32.5 Å². The Morgan fingerprint density at radius 2 is 1.78 bits per heavy atom. The zero-order valence-electron chi connectivity index (χ0n) is 22.0. The molecule has 0 radical (unpaired) electrons. The molecule has 1 amide bonds. The summed E-state index contributed by atoms with van der Waals surface area (Å²) in [5.74, 6) is -1.76. The van der Waals surface area contributed by atoms with Crippen molar-refractivity contribution in [2.45, 2.75) is 6.04 Å². The predicted molar refractivity (Wildman–Crippen MR) is 151 cm³/mol. The van der Waals surface area contributed by atoms with E-state index in [2.05, 4.69) is 4.98 Å². The quantitative estimate of drug-likeness (QED) is 0.196. The van der Waals surface area contributed by atoms with E-state index < -0.39 is 29.5 Å². The minimum atomic E-state index is -1.07. The van der Waals surface area contributed by atoms with Crippen LogP contribution in [0.5, 0.6) is 11.5 Å². The number of amides is 1. The number of carbonyl (C=O) groups excluding carboxylic acids is 3. The van der Waals surface area contributed by atoms with Crippen molar-refractivity contribution in [3.63, 3.8) is 0 Å². The Hall–Kier alpha value is -5.16. The molecular formula is C30H22N2O8S. The van der Waals surface area contributed by atoms with Crippen LogP contribution in [-0.4, -0.2) is 49.1 Å². The molecule has 0 aliphatic carbocycles. The van der Waals surface area contributed by atoms with Crippen LogP contribution in [0.25, 0.3) is 21.2 Å². The second-order valence-corrected chi connectivity index (χ2v) is 10.1. The number of carbonyl (C=O) groups is 3. The summed E-state index contributed by atoms with van der Waals surface area (Å²) in [6, 6.07) is 17.2. The Morgan fingerprint density at radius 3 is 2.49 bits per heavy atom. The number of furan rings is 1. The van der Waals surface area contributed by atoms with E-state index >= 15 is 0 Å². The van der Waals surface area contributed by atoms with E-state index in [9.17, 15) is 19.5 Å². The number of hydrogen-bond acceptors (Lipinski definition) is 10. The van der Waals surface area contributed by atoms with Crippen LogP contribution in [-0.2, 0) is 9.53 Å². The fourth-order valence-electron chi connectivity index (χ4n) is 4.83. The lowest BCUT2D eigenvalue weighted by Gasteiger charge is -2.24. The van der Waals surface area contributed by atoms with E-state index in [1.165, 1.54) is 48.7 Å². The number of ketones is 1. The summed E-state index contributed by atoms with van der Waals surface area (Å²) in [6.07, 6.45) is 0. The third kappa shape index (κ3) is 4.27. The lowest BCUT2D eigenvalue weighted by atomic mass is 9.94. The van der Waals surface area contributed by atoms with E-state index in [0.717, 1.165) is 4.70 Å². The zero-order valence-corrected chi connectivity index (χ0v) is 22.9. The van der Waals surface area contributed by atoms with Gasteiger partial charge in [-0.25, -0.2) is 9.78 Å². The molecule has 0 saturated heterocycles. The number of aromatic nitrogens is 1. The van der Waals surface area contributed by atoms with Crippen molar-refractivity contribution in [3.8, 4) is 11.5 Å². The van der Waals surface area contributed by atoms with Gasteiger partial charge in [-0.15, -0.1) is 0 Å². The smallest absolute Gasteiger partial charge is 0.337 e. The first-order chi connectivity index (χ1) is 19.8. The molecule has 3 heterocycles. The first-order valence-electron chi connectivity index (χ1n) is 12.4. The number of methoxy groups -OCH3 is 3. The zero-order chi connectivity index (χ0) is 28.8. The van der Waals surface area contributed by atoms with Crippen molar-refractivity contribution in [1.82, 2.24) is 4.98 Å². The van der Waals surface area contributed by atoms with Crippen LogP contribution in [0.2, 0.25) is 0 Å². The highest BCUT2D eigenvalue weighted by Crippen LogP contribution is 2.45. The second-order valence-electron chi connectivity index (χ2n) is 9.10. The number of esters is 1. The Labute approximate surface area is 237 Å². The fraction of sp³-hybridized carbons (Fsp3) is 0.133. The normalized spacial score (nSPS) is 15.1. The molecule has 0 spiro atoms. The minimum absolute atomic E-state index is 0.0779. The van der Waals surface area contributed by atoms with Crippen molar-refractivity contribution >= 4 is 55.3 Å². The molecule has 3 aromatic carbocycles. The monoisotopic (exact) mass is 570 g/mol. The van der Waals surface area contributed by atoms with Gasteiger partial charge in [0.1, 0.15) is 5.75 Å². The number of nitrogens with zero attached hydrogens (tertiary/aromatic N) is 2. The first kappa shape index (κ1) is 26.1. The molecule has 1 N–H and O–H groups in total. The predicted octanol–water partition coefficient (Wildman–Crippen LogP) is 5.63. The van der Waals surface area contributed by atoms with E-state index in [4.69, 9.17) is 18.6 Å². The lowest BCUT2D eigenvalue weighted by Crippen LogP contribution is -2.31. The SMILES string of the molecule is COC(=O)c1ccc(C2C(C(=O)c3cc4cccc(OC)c4o3)=C(O)C(=O)N2c2nc3ccc(OC)cc3s2)cc1. The van der Waals surface area contributed by atoms with Gasteiger partial charge in [-0.2, -0.15) is 0 Å². The van der Waals surface area contributed by atoms with Gasteiger partial charge < -0.3 is 23.7 Å². The highest BCUT2D eigenvalue weighted by molar-refractivity contribution is 7.22. The second kappa shape index (κ2) is 10.1. The third-order valence-corrected chi connectivity index (χ3v) is 7.86. The van der Waals surface area contributed by atoms with Gasteiger partial charge in [0.05, 0.1) is 48.7 Å². The minimum Gasteiger partial charge on any atom is -0.503 e. The molecule has 5 aromatic rings. The van der Waals surface area contributed by atoms with E-state index in [-0.39, 0.29) is 22.0 Å². The van der Waals surface area contributed by atoms with Crippen LogP contribution in [0.4, 0.5) is 5.13 Å². The summed E-state index contributed by atoms with van der Waals surface area (Å²) in [7, 11) is 4.31. The number of Topliss-reactive ketones (excluding diaryl/α,β-unsaturated/α-hetero) is 1. The number of fused-ring (bicyclic) bond motifs is 2. The van der Waals surface area contributed by atoms with Gasteiger partial charge in [0.2, 0.25) is 5.78 Å². The number of thiazole rings is 1. The lowest BCUT2D eigenvalue weighted by molar-refractivity contribution is -0.117. The standard InChI is InChI=1S/C30H22N2O8S/c1-37-18-11-12-19-22(14-18)41-30(31-19)32-24(15-7-9-16(10-8-15)29(36)39-3)23(26(34)28(32)35)25(33)21-13-17-5-4-6-20(38-2)27(17)40-21/h4-14,24,34H,1-3H3. The maximum atomic E-state index is 14.0. The Balaban J connectivity index is 1.49. The van der Waals surface area contributed by atoms with Gasteiger partial charge >= 0.3 is 5.97 Å². The number of aliphatic hydroxyl groups is 1. The number of para-hydroxylation sites is 1. The molecule has 1 atom stereocenters. The Morgan fingerprint density at radius 1 is 1.00 bits per heavy atom. The summed E-state index contributed by atoms with van der Waals surface area (Å²) in [4.78, 5) is 45.5. The van der Waals surface area contributed by atoms with Crippen molar-refractivity contribution in [2.24, 2.45) is 0 Å². The van der Waals surface area contributed by atoms with Gasteiger partial charge in [0.25, 0.3) is 5.91 Å². The molecule has 10 nitrogen and oxygen atoms in total. The van der Waals surface area contributed by atoms with Crippen molar-refractivity contribution in [2.75, 3.05) is 26.2 Å². The van der Waals surface area contributed by atoms with Crippen LogP contribution in [0.15, 0.2) is 82.5 Å². The molecule has 0 fully saturated rings. The average Bonchev–Trinajstić information content (AvgIpc) is 3.70. The molecule has 206 valence electrons. The van der Waals surface area contributed by atoms with Crippen molar-refractivity contribution < 1.29 is 38.1 Å². The van der Waals surface area contributed by atoms with Crippen LogP contribution in [0.3, 0.4) is 0 Å². The van der Waals surface area contributed by atoms with Gasteiger partial charge in [-0.3, -0.25) is 14.5 Å². The highest BCUT2D eigenvalue weighted by atomic mass is 32.1. The maximum absolute atomic E-state index is 14.0. The molecule has 0 saturated carbocycles. The van der Waals surface area contributed by atoms with E-state index in [1.54, 1.807) is 55.6 Å². The van der Waals surface area contributed by atoms with Crippen LogP contribution >= 0.6 is 11.3 Å². The molecule has 41 heavy (non-hydrogen) atoms. The van der Waals surface area contributed by atoms with Crippen molar-refractivity contribution in [1.29, 1.82) is 0 Å².